The molecule has 2 unspecified atom stereocenters. The Hall–Kier alpha value is -0.360. The SMILES string of the molecule is CC(C#N)CCS(C)=O. The second-order valence-corrected chi connectivity index (χ2v) is 3.65. The van der Waals surface area contributed by atoms with Crippen LogP contribution in [0.2, 0.25) is 0 Å². The molecule has 3 heteroatoms. The molecule has 0 amide bonds. The Balaban J connectivity index is 3.30. The van der Waals surface area contributed by atoms with Crippen molar-refractivity contribution in [1.29, 1.82) is 5.26 Å². The van der Waals surface area contributed by atoms with Gasteiger partial charge in [0.25, 0.3) is 0 Å². The zero-order valence-electron chi connectivity index (χ0n) is 5.76. The van der Waals surface area contributed by atoms with Crippen LogP contribution in [-0.4, -0.2) is 16.2 Å². The Morgan fingerprint density at radius 2 is 2.33 bits per heavy atom. The summed E-state index contributed by atoms with van der Waals surface area (Å²) in [7, 11) is -0.739. The van der Waals surface area contributed by atoms with Gasteiger partial charge in [0.05, 0.1) is 6.07 Å². The summed E-state index contributed by atoms with van der Waals surface area (Å²) in [5.74, 6) is 0.697. The van der Waals surface area contributed by atoms with Gasteiger partial charge in [0, 0.05) is 28.7 Å². The van der Waals surface area contributed by atoms with Crippen LogP contribution < -0.4 is 0 Å². The topological polar surface area (TPSA) is 40.9 Å². The molecule has 0 bridgehead atoms. The first kappa shape index (κ1) is 8.64. The molecule has 52 valence electrons. The highest BCUT2D eigenvalue weighted by molar-refractivity contribution is 7.84. The van der Waals surface area contributed by atoms with Crippen molar-refractivity contribution in [2.45, 2.75) is 13.3 Å². The lowest BCUT2D eigenvalue weighted by atomic mass is 10.1. The lowest BCUT2D eigenvalue weighted by Crippen LogP contribution is -1.99. The van der Waals surface area contributed by atoms with Crippen LogP contribution in [0.1, 0.15) is 13.3 Å². The average molecular weight is 145 g/mol. The molecule has 0 radical (unpaired) electrons. The smallest absolute Gasteiger partial charge is 0.0653 e. The van der Waals surface area contributed by atoms with E-state index in [9.17, 15) is 4.21 Å². The van der Waals surface area contributed by atoms with Crippen LogP contribution in [0.3, 0.4) is 0 Å². The first-order chi connectivity index (χ1) is 4.16. The third-order valence-electron chi connectivity index (χ3n) is 1.06. The highest BCUT2D eigenvalue weighted by atomic mass is 32.2. The van der Waals surface area contributed by atoms with E-state index >= 15 is 0 Å². The Morgan fingerprint density at radius 1 is 1.78 bits per heavy atom. The third kappa shape index (κ3) is 5.51. The van der Waals surface area contributed by atoms with E-state index in [1.54, 1.807) is 6.26 Å². The van der Waals surface area contributed by atoms with Gasteiger partial charge in [0.1, 0.15) is 0 Å². The number of rotatable bonds is 3. The van der Waals surface area contributed by atoms with Crippen molar-refractivity contribution < 1.29 is 4.21 Å². The average Bonchev–Trinajstić information content (AvgIpc) is 1.83. The van der Waals surface area contributed by atoms with E-state index in [0.29, 0.717) is 5.75 Å². The molecular weight excluding hydrogens is 134 g/mol. The van der Waals surface area contributed by atoms with E-state index in [1.165, 1.54) is 0 Å². The molecule has 0 aliphatic carbocycles. The maximum atomic E-state index is 10.5. The van der Waals surface area contributed by atoms with Gasteiger partial charge >= 0.3 is 0 Å². The van der Waals surface area contributed by atoms with E-state index < -0.39 is 10.8 Å². The monoisotopic (exact) mass is 145 g/mol. The van der Waals surface area contributed by atoms with Gasteiger partial charge in [-0.05, 0) is 13.3 Å². The molecule has 0 saturated heterocycles. The molecule has 0 N–H and O–H groups in total. The first-order valence-electron chi connectivity index (χ1n) is 2.86. The fourth-order valence-corrected chi connectivity index (χ4v) is 1.09. The number of nitrogens with zero attached hydrogens (tertiary/aromatic N) is 1. The van der Waals surface area contributed by atoms with Crippen molar-refractivity contribution in [2.75, 3.05) is 12.0 Å². The highest BCUT2D eigenvalue weighted by Gasteiger charge is 1.99. The predicted molar refractivity (Wildman–Crippen MR) is 38.3 cm³/mol. The van der Waals surface area contributed by atoms with E-state index in [-0.39, 0.29) is 5.92 Å². The molecule has 2 atom stereocenters. The van der Waals surface area contributed by atoms with Crippen molar-refractivity contribution in [2.24, 2.45) is 5.92 Å². The standard InChI is InChI=1S/C6H11NOS/c1-6(5-7)3-4-9(2)8/h6H,3-4H2,1-2H3. The summed E-state index contributed by atoms with van der Waals surface area (Å²) in [5, 5.41) is 8.30. The quantitative estimate of drug-likeness (QED) is 0.592. The lowest BCUT2D eigenvalue weighted by Gasteiger charge is -1.96. The summed E-state index contributed by atoms with van der Waals surface area (Å²) in [5.41, 5.74) is 0. The minimum absolute atomic E-state index is 0.0499. The van der Waals surface area contributed by atoms with Crippen molar-refractivity contribution in [3.05, 3.63) is 0 Å². The molecule has 0 aromatic heterocycles. The van der Waals surface area contributed by atoms with Crippen molar-refractivity contribution in [3.63, 3.8) is 0 Å². The minimum Gasteiger partial charge on any atom is -0.260 e. The predicted octanol–water partition coefficient (Wildman–Crippen LogP) is 0.915. The molecule has 0 heterocycles. The van der Waals surface area contributed by atoms with Gasteiger partial charge in [-0.2, -0.15) is 5.26 Å². The molecular formula is C6H11NOS. The Kier molecular flexibility index (Phi) is 4.33. The summed E-state index contributed by atoms with van der Waals surface area (Å²) < 4.78 is 10.5. The fraction of sp³-hybridized carbons (Fsp3) is 0.833. The van der Waals surface area contributed by atoms with Crippen molar-refractivity contribution >= 4 is 10.8 Å². The largest absolute Gasteiger partial charge is 0.260 e. The van der Waals surface area contributed by atoms with Crippen molar-refractivity contribution in [1.82, 2.24) is 0 Å². The molecule has 2 nitrogen and oxygen atoms in total. The number of nitriles is 1. The number of hydrogen-bond acceptors (Lipinski definition) is 2. The summed E-state index contributed by atoms with van der Waals surface area (Å²) in [6.45, 7) is 1.84. The Bertz CT molecular complexity index is 138. The molecule has 0 fully saturated rings. The van der Waals surface area contributed by atoms with Crippen LogP contribution in [0, 0.1) is 17.2 Å². The van der Waals surface area contributed by atoms with E-state index in [2.05, 4.69) is 6.07 Å². The van der Waals surface area contributed by atoms with Crippen LogP contribution in [0.4, 0.5) is 0 Å². The lowest BCUT2D eigenvalue weighted by molar-refractivity contribution is 0.670. The molecule has 9 heavy (non-hydrogen) atoms. The van der Waals surface area contributed by atoms with E-state index in [0.717, 1.165) is 6.42 Å². The van der Waals surface area contributed by atoms with Crippen LogP contribution in [-0.2, 0) is 10.8 Å². The molecule has 0 aliphatic heterocycles. The molecule has 0 aliphatic rings. The first-order valence-corrected chi connectivity index (χ1v) is 4.59. The summed E-state index contributed by atoms with van der Waals surface area (Å²) in [6, 6.07) is 2.09. The molecule has 0 spiro atoms. The van der Waals surface area contributed by atoms with Gasteiger partial charge in [0.15, 0.2) is 0 Å². The maximum absolute atomic E-state index is 10.5. The Labute approximate surface area is 58.3 Å². The summed E-state index contributed by atoms with van der Waals surface area (Å²) in [6.07, 6.45) is 2.41. The van der Waals surface area contributed by atoms with Crippen LogP contribution >= 0.6 is 0 Å². The van der Waals surface area contributed by atoms with E-state index in [4.69, 9.17) is 5.26 Å². The van der Waals surface area contributed by atoms with Gasteiger partial charge in [0.2, 0.25) is 0 Å². The van der Waals surface area contributed by atoms with E-state index in [1.807, 2.05) is 6.92 Å². The van der Waals surface area contributed by atoms with Crippen molar-refractivity contribution in [3.8, 4) is 6.07 Å². The van der Waals surface area contributed by atoms with Gasteiger partial charge < -0.3 is 0 Å². The van der Waals surface area contributed by atoms with Gasteiger partial charge in [-0.3, -0.25) is 4.21 Å². The molecule has 0 rings (SSSR count). The summed E-state index contributed by atoms with van der Waals surface area (Å²) in [4.78, 5) is 0. The minimum atomic E-state index is -0.739. The molecule has 0 saturated carbocycles. The maximum Gasteiger partial charge on any atom is 0.0653 e. The van der Waals surface area contributed by atoms with Crippen LogP contribution in [0.15, 0.2) is 0 Å². The van der Waals surface area contributed by atoms with Gasteiger partial charge in [-0.15, -0.1) is 0 Å². The fourth-order valence-electron chi connectivity index (χ4n) is 0.407. The van der Waals surface area contributed by atoms with Gasteiger partial charge in [-0.1, -0.05) is 0 Å². The molecule has 0 aromatic carbocycles. The second kappa shape index (κ2) is 4.51. The number of hydrogen-bond donors (Lipinski definition) is 0. The normalized spacial score (nSPS) is 16.1. The zero-order chi connectivity index (χ0) is 7.28. The summed E-state index contributed by atoms with van der Waals surface area (Å²) >= 11 is 0. The zero-order valence-corrected chi connectivity index (χ0v) is 6.57. The van der Waals surface area contributed by atoms with Crippen LogP contribution in [0.25, 0.3) is 0 Å². The van der Waals surface area contributed by atoms with Gasteiger partial charge in [-0.25, -0.2) is 0 Å². The third-order valence-corrected chi connectivity index (χ3v) is 1.87. The Morgan fingerprint density at radius 3 is 2.67 bits per heavy atom. The molecule has 0 aromatic rings. The second-order valence-electron chi connectivity index (χ2n) is 2.10. The van der Waals surface area contributed by atoms with Crippen LogP contribution in [0.5, 0.6) is 0 Å². The highest BCUT2D eigenvalue weighted by Crippen LogP contribution is 1.98.